The van der Waals surface area contributed by atoms with Gasteiger partial charge in [0.25, 0.3) is 0 Å². The Hall–Kier alpha value is -0.370. The summed E-state index contributed by atoms with van der Waals surface area (Å²) in [5, 5.41) is 1.67. The molecule has 1 aromatic rings. The third-order valence-corrected chi connectivity index (χ3v) is 1.60. The van der Waals surface area contributed by atoms with Gasteiger partial charge >= 0.3 is 0 Å². The molecule has 0 atom stereocenters. The lowest BCUT2D eigenvalue weighted by atomic mass is 10.4. The van der Waals surface area contributed by atoms with Crippen LogP contribution >= 0.6 is 11.3 Å². The fourth-order valence-corrected chi connectivity index (χ4v) is 1.000. The van der Waals surface area contributed by atoms with E-state index in [2.05, 4.69) is 0 Å². The van der Waals surface area contributed by atoms with Gasteiger partial charge in [-0.15, -0.1) is 11.3 Å². The van der Waals surface area contributed by atoms with Crippen LogP contribution < -0.4 is 0 Å². The summed E-state index contributed by atoms with van der Waals surface area (Å²) in [4.78, 5) is 0. The van der Waals surface area contributed by atoms with E-state index in [1.807, 2.05) is 0 Å². The summed E-state index contributed by atoms with van der Waals surface area (Å²) in [6, 6.07) is 1.76. The SMILES string of the molecule is Cc1ccsc1F. The Labute approximate surface area is 45.6 Å². The summed E-state index contributed by atoms with van der Waals surface area (Å²) < 4.78 is 12.1. The summed E-state index contributed by atoms with van der Waals surface area (Å²) in [7, 11) is 0. The largest absolute Gasteiger partial charge is 0.195 e. The standard InChI is InChI=1S/C5H5FS/c1-4-2-3-7-5(4)6/h2-3H,1H3. The predicted molar refractivity (Wildman–Crippen MR) is 29.0 cm³/mol. The number of hydrogen-bond donors (Lipinski definition) is 0. The van der Waals surface area contributed by atoms with Crippen LogP contribution in [0.25, 0.3) is 0 Å². The monoisotopic (exact) mass is 116 g/mol. The fraction of sp³-hybridized carbons (Fsp3) is 0.200. The Morgan fingerprint density at radius 2 is 2.43 bits per heavy atom. The lowest BCUT2D eigenvalue weighted by molar-refractivity contribution is 0.649. The third kappa shape index (κ3) is 0.800. The number of thiophene rings is 1. The van der Waals surface area contributed by atoms with Crippen molar-refractivity contribution in [2.45, 2.75) is 6.92 Å². The van der Waals surface area contributed by atoms with Crippen molar-refractivity contribution in [3.05, 3.63) is 22.1 Å². The molecule has 0 unspecified atom stereocenters. The molecule has 0 amide bonds. The highest BCUT2D eigenvalue weighted by Gasteiger charge is 1.92. The second-order valence-corrected chi connectivity index (χ2v) is 2.24. The zero-order chi connectivity index (χ0) is 5.28. The van der Waals surface area contributed by atoms with Crippen molar-refractivity contribution in [1.82, 2.24) is 0 Å². The van der Waals surface area contributed by atoms with Gasteiger partial charge in [-0.1, -0.05) is 0 Å². The number of hydrogen-bond acceptors (Lipinski definition) is 1. The van der Waals surface area contributed by atoms with Gasteiger partial charge in [0.1, 0.15) is 0 Å². The van der Waals surface area contributed by atoms with Crippen molar-refractivity contribution >= 4 is 11.3 Å². The first kappa shape index (κ1) is 4.78. The van der Waals surface area contributed by atoms with Crippen LogP contribution in [-0.4, -0.2) is 0 Å². The molecule has 0 spiro atoms. The number of rotatable bonds is 0. The van der Waals surface area contributed by atoms with Crippen molar-refractivity contribution < 1.29 is 4.39 Å². The van der Waals surface area contributed by atoms with Crippen LogP contribution in [0.4, 0.5) is 4.39 Å². The zero-order valence-corrected chi connectivity index (χ0v) is 4.76. The van der Waals surface area contributed by atoms with Crippen LogP contribution in [-0.2, 0) is 0 Å². The topological polar surface area (TPSA) is 0 Å². The zero-order valence-electron chi connectivity index (χ0n) is 3.94. The Morgan fingerprint density at radius 1 is 1.71 bits per heavy atom. The van der Waals surface area contributed by atoms with Crippen LogP contribution in [0.5, 0.6) is 0 Å². The first-order chi connectivity index (χ1) is 3.30. The molecule has 38 valence electrons. The number of aryl methyl sites for hydroxylation is 1. The van der Waals surface area contributed by atoms with Gasteiger partial charge in [-0.2, -0.15) is 4.39 Å². The molecule has 0 bridgehead atoms. The Bertz CT molecular complexity index is 140. The summed E-state index contributed by atoms with van der Waals surface area (Å²) in [6.07, 6.45) is 0. The normalized spacial score (nSPS) is 9.43. The predicted octanol–water partition coefficient (Wildman–Crippen LogP) is 2.20. The maximum Gasteiger partial charge on any atom is 0.179 e. The van der Waals surface area contributed by atoms with Gasteiger partial charge in [-0.3, -0.25) is 0 Å². The molecule has 1 heterocycles. The highest BCUT2D eigenvalue weighted by molar-refractivity contribution is 7.08. The molecule has 0 aliphatic carbocycles. The smallest absolute Gasteiger partial charge is 0.179 e. The van der Waals surface area contributed by atoms with Crippen LogP contribution in [0, 0.1) is 12.1 Å². The van der Waals surface area contributed by atoms with E-state index in [1.165, 1.54) is 0 Å². The van der Waals surface area contributed by atoms with E-state index in [9.17, 15) is 4.39 Å². The van der Waals surface area contributed by atoms with Crippen LogP contribution in [0.15, 0.2) is 11.4 Å². The average Bonchev–Trinajstić information content (AvgIpc) is 1.91. The van der Waals surface area contributed by atoms with Gasteiger partial charge in [0.05, 0.1) is 0 Å². The fourth-order valence-electron chi connectivity index (χ4n) is 0.354. The molecule has 0 N–H and O–H groups in total. The third-order valence-electron chi connectivity index (χ3n) is 0.800. The van der Waals surface area contributed by atoms with E-state index < -0.39 is 0 Å². The maximum atomic E-state index is 12.1. The Balaban J connectivity index is 3.12. The minimum Gasteiger partial charge on any atom is -0.195 e. The molecule has 0 aliphatic heterocycles. The first-order valence-corrected chi connectivity index (χ1v) is 2.88. The molecular weight excluding hydrogens is 111 g/mol. The van der Waals surface area contributed by atoms with Gasteiger partial charge in [-0.25, -0.2) is 0 Å². The van der Waals surface area contributed by atoms with E-state index in [-0.39, 0.29) is 5.13 Å². The van der Waals surface area contributed by atoms with Crippen molar-refractivity contribution in [3.63, 3.8) is 0 Å². The van der Waals surface area contributed by atoms with Crippen LogP contribution in [0.1, 0.15) is 5.56 Å². The molecule has 0 fully saturated rings. The van der Waals surface area contributed by atoms with E-state index in [0.717, 1.165) is 16.9 Å². The van der Waals surface area contributed by atoms with E-state index in [0.29, 0.717) is 0 Å². The second kappa shape index (κ2) is 1.62. The quantitative estimate of drug-likeness (QED) is 0.487. The van der Waals surface area contributed by atoms with E-state index >= 15 is 0 Å². The highest BCUT2D eigenvalue weighted by atomic mass is 32.1. The number of halogens is 1. The molecule has 0 aliphatic rings. The molecule has 1 aromatic heterocycles. The van der Waals surface area contributed by atoms with Crippen LogP contribution in [0.2, 0.25) is 0 Å². The molecule has 0 saturated carbocycles. The summed E-state index contributed by atoms with van der Waals surface area (Å²) in [5.41, 5.74) is 0.741. The summed E-state index contributed by atoms with van der Waals surface area (Å²) >= 11 is 1.14. The minimum atomic E-state index is -0.0694. The molecule has 0 nitrogen and oxygen atoms in total. The molecule has 0 saturated heterocycles. The van der Waals surface area contributed by atoms with Gasteiger partial charge in [0, 0.05) is 0 Å². The summed E-state index contributed by atoms with van der Waals surface area (Å²) in [6.45, 7) is 1.76. The van der Waals surface area contributed by atoms with E-state index in [1.54, 1.807) is 18.4 Å². The minimum absolute atomic E-state index is 0.0694. The van der Waals surface area contributed by atoms with Crippen LogP contribution in [0.3, 0.4) is 0 Å². The van der Waals surface area contributed by atoms with Crippen molar-refractivity contribution in [1.29, 1.82) is 0 Å². The second-order valence-electron chi connectivity index (χ2n) is 1.38. The molecule has 0 radical (unpaired) electrons. The lowest BCUT2D eigenvalue weighted by Gasteiger charge is -1.74. The van der Waals surface area contributed by atoms with Gasteiger partial charge in [-0.05, 0) is 23.9 Å². The molecule has 0 aromatic carbocycles. The van der Waals surface area contributed by atoms with Gasteiger partial charge in [0.15, 0.2) is 5.13 Å². The lowest BCUT2D eigenvalue weighted by Crippen LogP contribution is -1.62. The van der Waals surface area contributed by atoms with Gasteiger partial charge in [0.2, 0.25) is 0 Å². The van der Waals surface area contributed by atoms with Crippen molar-refractivity contribution in [2.75, 3.05) is 0 Å². The Morgan fingerprint density at radius 3 is 2.57 bits per heavy atom. The maximum absolute atomic E-state index is 12.1. The van der Waals surface area contributed by atoms with Crippen molar-refractivity contribution in [3.8, 4) is 0 Å². The highest BCUT2D eigenvalue weighted by Crippen LogP contribution is 2.11. The Kier molecular flexibility index (Phi) is 1.11. The average molecular weight is 116 g/mol. The molecule has 7 heavy (non-hydrogen) atoms. The van der Waals surface area contributed by atoms with E-state index in [4.69, 9.17) is 0 Å². The molecule has 2 heteroatoms. The molecule has 1 rings (SSSR count). The first-order valence-electron chi connectivity index (χ1n) is 2.00. The van der Waals surface area contributed by atoms with Gasteiger partial charge < -0.3 is 0 Å². The van der Waals surface area contributed by atoms with Crippen molar-refractivity contribution in [2.24, 2.45) is 0 Å². The molecular formula is C5H5FS. The summed E-state index contributed by atoms with van der Waals surface area (Å²) in [5.74, 6) is 0.